The Morgan fingerprint density at radius 1 is 1.43 bits per heavy atom. The van der Waals surface area contributed by atoms with Crippen LogP contribution < -0.4 is 0 Å². The van der Waals surface area contributed by atoms with E-state index in [0.29, 0.717) is 6.42 Å². The fraction of sp³-hybridized carbons (Fsp3) is 0.875. The van der Waals surface area contributed by atoms with Gasteiger partial charge < -0.3 is 14.2 Å². The first-order valence-electron chi connectivity index (χ1n) is 7.91. The third-order valence-electron chi connectivity index (χ3n) is 5.10. The van der Waals surface area contributed by atoms with Gasteiger partial charge in [0, 0.05) is 19.8 Å². The fourth-order valence-electron chi connectivity index (χ4n) is 4.33. The van der Waals surface area contributed by atoms with Gasteiger partial charge in [0.25, 0.3) is 0 Å². The Hall–Kier alpha value is -1.12. The molecule has 21 heavy (non-hydrogen) atoms. The van der Waals surface area contributed by atoms with Crippen LogP contribution in [0.3, 0.4) is 0 Å². The van der Waals surface area contributed by atoms with Crippen LogP contribution in [0.25, 0.3) is 0 Å². The third-order valence-corrected chi connectivity index (χ3v) is 5.10. The molecular formula is C16H23NO4. The van der Waals surface area contributed by atoms with Gasteiger partial charge in [-0.05, 0) is 31.6 Å². The predicted molar refractivity (Wildman–Crippen MR) is 74.3 cm³/mol. The van der Waals surface area contributed by atoms with Gasteiger partial charge in [0.15, 0.2) is 0 Å². The van der Waals surface area contributed by atoms with E-state index in [1.807, 2.05) is 0 Å². The van der Waals surface area contributed by atoms with Crippen molar-refractivity contribution in [2.75, 3.05) is 0 Å². The lowest BCUT2D eigenvalue weighted by atomic mass is 9.73. The lowest BCUT2D eigenvalue weighted by Gasteiger charge is -2.45. The molecule has 2 aliphatic heterocycles. The molecule has 0 aromatic rings. The van der Waals surface area contributed by atoms with E-state index in [0.717, 1.165) is 32.1 Å². The maximum atomic E-state index is 11.3. The number of ether oxygens (including phenoxy) is 3. The van der Waals surface area contributed by atoms with Gasteiger partial charge >= 0.3 is 5.97 Å². The Balaban J connectivity index is 1.72. The van der Waals surface area contributed by atoms with Gasteiger partial charge in [0.1, 0.15) is 6.10 Å². The van der Waals surface area contributed by atoms with E-state index >= 15 is 0 Å². The quantitative estimate of drug-likeness (QED) is 0.747. The molecule has 3 fully saturated rings. The van der Waals surface area contributed by atoms with E-state index in [2.05, 4.69) is 13.0 Å². The molecular weight excluding hydrogens is 270 g/mol. The van der Waals surface area contributed by atoms with Crippen LogP contribution in [0.2, 0.25) is 0 Å². The summed E-state index contributed by atoms with van der Waals surface area (Å²) in [5.41, 5.74) is -0.223. The van der Waals surface area contributed by atoms with E-state index in [-0.39, 0.29) is 41.9 Å². The first-order chi connectivity index (χ1) is 10.0. The van der Waals surface area contributed by atoms with Crippen LogP contribution in [0.1, 0.15) is 52.4 Å². The number of hydrogen-bond donors (Lipinski definition) is 0. The standard InChI is InChI=1S/C16H23NO4/c1-10-8-16-9-13(15(10)19-11(2)18)20-14(16)6-5-12(21-16)4-3-7-17/h10,12-15H,3-6,8-9H2,1-2H3/t10?,12?,13-,14?,15-,16+/m1/s1. The third kappa shape index (κ3) is 2.67. The molecule has 1 spiro atoms. The zero-order valence-electron chi connectivity index (χ0n) is 12.7. The summed E-state index contributed by atoms with van der Waals surface area (Å²) < 4.78 is 18.0. The zero-order chi connectivity index (χ0) is 15.0. The molecule has 1 saturated carbocycles. The van der Waals surface area contributed by atoms with Crippen molar-refractivity contribution >= 4 is 5.97 Å². The van der Waals surface area contributed by atoms with E-state index < -0.39 is 0 Å². The van der Waals surface area contributed by atoms with E-state index in [9.17, 15) is 4.79 Å². The van der Waals surface area contributed by atoms with Crippen LogP contribution in [0.4, 0.5) is 0 Å². The average Bonchev–Trinajstić information content (AvgIpc) is 2.74. The minimum atomic E-state index is -0.242. The first-order valence-corrected chi connectivity index (χ1v) is 7.91. The molecule has 116 valence electrons. The molecule has 2 bridgehead atoms. The molecule has 0 aromatic heterocycles. The molecule has 2 saturated heterocycles. The molecule has 3 rings (SSSR count). The molecule has 0 N–H and O–H groups in total. The number of fused-ring (bicyclic) bond motifs is 1. The Morgan fingerprint density at radius 3 is 2.95 bits per heavy atom. The Morgan fingerprint density at radius 2 is 2.24 bits per heavy atom. The highest BCUT2D eigenvalue weighted by Crippen LogP contribution is 2.51. The van der Waals surface area contributed by atoms with Crippen molar-refractivity contribution in [3.63, 3.8) is 0 Å². The number of nitrogens with zero attached hydrogens (tertiary/aromatic N) is 1. The van der Waals surface area contributed by atoms with Gasteiger partial charge in [-0.3, -0.25) is 4.79 Å². The monoisotopic (exact) mass is 293 g/mol. The summed E-state index contributed by atoms with van der Waals surface area (Å²) in [5.74, 6) is 0.00135. The summed E-state index contributed by atoms with van der Waals surface area (Å²) >= 11 is 0. The molecule has 0 radical (unpaired) electrons. The number of nitriles is 1. The first kappa shape index (κ1) is 14.8. The van der Waals surface area contributed by atoms with Crippen molar-refractivity contribution in [3.05, 3.63) is 0 Å². The molecule has 6 atom stereocenters. The van der Waals surface area contributed by atoms with Crippen LogP contribution in [0.5, 0.6) is 0 Å². The van der Waals surface area contributed by atoms with Gasteiger partial charge in [-0.1, -0.05) is 6.92 Å². The topological polar surface area (TPSA) is 68.5 Å². The number of carbonyl (C=O) groups excluding carboxylic acids is 1. The normalized spacial score (nSPS) is 44.7. The second-order valence-electron chi connectivity index (χ2n) is 6.70. The summed E-state index contributed by atoms with van der Waals surface area (Å²) in [6, 6.07) is 2.20. The van der Waals surface area contributed by atoms with Crippen molar-refractivity contribution in [2.24, 2.45) is 5.92 Å². The van der Waals surface area contributed by atoms with E-state index in [1.165, 1.54) is 6.92 Å². The summed E-state index contributed by atoms with van der Waals surface area (Å²) in [5, 5.41) is 8.74. The molecule has 0 aromatic carbocycles. The number of esters is 1. The van der Waals surface area contributed by atoms with Crippen molar-refractivity contribution in [2.45, 2.75) is 82.4 Å². The summed E-state index contributed by atoms with van der Waals surface area (Å²) in [6.45, 7) is 3.56. The molecule has 5 heteroatoms. The van der Waals surface area contributed by atoms with Crippen molar-refractivity contribution in [1.82, 2.24) is 0 Å². The molecule has 1 aliphatic carbocycles. The van der Waals surface area contributed by atoms with E-state index in [4.69, 9.17) is 19.5 Å². The van der Waals surface area contributed by atoms with Gasteiger partial charge in [-0.2, -0.15) is 5.26 Å². The highest BCUT2D eigenvalue weighted by Gasteiger charge is 2.60. The Kier molecular flexibility index (Phi) is 3.94. The maximum Gasteiger partial charge on any atom is 0.303 e. The number of hydrogen-bond acceptors (Lipinski definition) is 5. The summed E-state index contributed by atoms with van der Waals surface area (Å²) in [4.78, 5) is 11.3. The highest BCUT2D eigenvalue weighted by atomic mass is 16.6. The van der Waals surface area contributed by atoms with Gasteiger partial charge in [-0.15, -0.1) is 0 Å². The zero-order valence-corrected chi connectivity index (χ0v) is 12.7. The van der Waals surface area contributed by atoms with Crippen molar-refractivity contribution in [3.8, 4) is 6.07 Å². The van der Waals surface area contributed by atoms with Crippen LogP contribution in [0.15, 0.2) is 0 Å². The molecule has 5 nitrogen and oxygen atoms in total. The minimum absolute atomic E-state index is 0.0441. The number of carbonyl (C=O) groups is 1. The number of rotatable bonds is 3. The molecule has 2 heterocycles. The highest BCUT2D eigenvalue weighted by molar-refractivity contribution is 5.66. The second-order valence-corrected chi connectivity index (χ2v) is 6.70. The molecule has 3 aliphatic rings. The van der Waals surface area contributed by atoms with Crippen LogP contribution >= 0.6 is 0 Å². The van der Waals surface area contributed by atoms with Crippen molar-refractivity contribution in [1.29, 1.82) is 5.26 Å². The predicted octanol–water partition coefficient (Wildman–Crippen LogP) is 2.34. The summed E-state index contributed by atoms with van der Waals surface area (Å²) in [6.07, 6.45) is 5.04. The SMILES string of the molecule is CC(=O)O[C@@H]1C(C)C[C@]23C[C@H]1OC2CCC(CCC#N)O3. The average molecular weight is 293 g/mol. The van der Waals surface area contributed by atoms with Crippen LogP contribution in [0, 0.1) is 17.2 Å². The Bertz CT molecular complexity index is 460. The fourth-order valence-corrected chi connectivity index (χ4v) is 4.33. The van der Waals surface area contributed by atoms with Crippen LogP contribution in [-0.2, 0) is 19.0 Å². The van der Waals surface area contributed by atoms with Gasteiger partial charge in [0.2, 0.25) is 0 Å². The largest absolute Gasteiger partial charge is 0.460 e. The smallest absolute Gasteiger partial charge is 0.303 e. The van der Waals surface area contributed by atoms with Crippen LogP contribution in [-0.4, -0.2) is 36.0 Å². The second kappa shape index (κ2) is 5.58. The molecule has 3 unspecified atom stereocenters. The minimum Gasteiger partial charge on any atom is -0.460 e. The lowest BCUT2D eigenvalue weighted by molar-refractivity contribution is -0.174. The maximum absolute atomic E-state index is 11.3. The summed E-state index contributed by atoms with van der Waals surface area (Å²) in [7, 11) is 0. The van der Waals surface area contributed by atoms with E-state index in [1.54, 1.807) is 0 Å². The Labute approximate surface area is 125 Å². The molecule has 0 amide bonds. The van der Waals surface area contributed by atoms with Crippen molar-refractivity contribution < 1.29 is 19.0 Å². The lowest BCUT2D eigenvalue weighted by Crippen LogP contribution is -2.52. The van der Waals surface area contributed by atoms with Gasteiger partial charge in [-0.25, -0.2) is 0 Å². The van der Waals surface area contributed by atoms with Gasteiger partial charge in [0.05, 0.1) is 30.0 Å².